The van der Waals surface area contributed by atoms with E-state index in [0.29, 0.717) is 39.3 Å². The topological polar surface area (TPSA) is 75.0 Å². The Morgan fingerprint density at radius 1 is 1.06 bits per heavy atom. The van der Waals surface area contributed by atoms with Gasteiger partial charge in [0.2, 0.25) is 4.96 Å². The second-order valence-electron chi connectivity index (χ2n) is 7.39. The Bertz CT molecular complexity index is 1310. The molecule has 0 spiro atoms. The van der Waals surface area contributed by atoms with E-state index in [4.69, 9.17) is 14.2 Å². The molecular formula is C23H23N3O4S. The molecule has 0 aliphatic heterocycles. The maximum Gasteiger partial charge on any atom is 0.291 e. The fraction of sp³-hybridized carbons (Fsp3) is 0.261. The highest BCUT2D eigenvalue weighted by atomic mass is 32.1. The number of methoxy groups -OCH3 is 2. The lowest BCUT2D eigenvalue weighted by molar-refractivity contribution is 0.257. The van der Waals surface area contributed by atoms with Crippen LogP contribution in [0.2, 0.25) is 0 Å². The van der Waals surface area contributed by atoms with Gasteiger partial charge in [0, 0.05) is 5.56 Å². The van der Waals surface area contributed by atoms with Crippen molar-refractivity contribution >= 4 is 22.4 Å². The standard InChI is InChI=1S/C23H23N3O4S/c1-14(2)13-30-18-10-5-15(11-19(18)29-4)12-20-22(27)26-23(31-20)24-21(25-26)16-6-8-17(28-3)9-7-16/h5-12,14H,13H2,1-4H3/b20-12-. The first-order valence-corrected chi connectivity index (χ1v) is 10.7. The summed E-state index contributed by atoms with van der Waals surface area (Å²) in [6.45, 7) is 4.78. The second-order valence-corrected chi connectivity index (χ2v) is 8.40. The van der Waals surface area contributed by atoms with Gasteiger partial charge in [-0.3, -0.25) is 4.79 Å². The zero-order valence-electron chi connectivity index (χ0n) is 17.8. The van der Waals surface area contributed by atoms with Gasteiger partial charge in [0.15, 0.2) is 17.3 Å². The Hall–Kier alpha value is -3.39. The maximum atomic E-state index is 12.8. The van der Waals surface area contributed by atoms with Crippen LogP contribution < -0.4 is 24.3 Å². The minimum absolute atomic E-state index is 0.202. The van der Waals surface area contributed by atoms with E-state index >= 15 is 0 Å². The molecule has 2 heterocycles. The van der Waals surface area contributed by atoms with Crippen molar-refractivity contribution in [2.24, 2.45) is 5.92 Å². The summed E-state index contributed by atoms with van der Waals surface area (Å²) in [6.07, 6.45) is 1.81. The minimum Gasteiger partial charge on any atom is -0.497 e. The first-order valence-electron chi connectivity index (χ1n) is 9.85. The molecule has 0 atom stereocenters. The molecule has 0 aliphatic carbocycles. The van der Waals surface area contributed by atoms with E-state index in [1.165, 1.54) is 15.9 Å². The molecule has 7 nitrogen and oxygen atoms in total. The van der Waals surface area contributed by atoms with Crippen molar-refractivity contribution in [2.45, 2.75) is 13.8 Å². The molecule has 2 aromatic heterocycles. The molecule has 2 aromatic carbocycles. The van der Waals surface area contributed by atoms with E-state index in [-0.39, 0.29) is 5.56 Å². The summed E-state index contributed by atoms with van der Waals surface area (Å²) in [4.78, 5) is 17.9. The van der Waals surface area contributed by atoms with Crippen molar-refractivity contribution in [1.29, 1.82) is 0 Å². The van der Waals surface area contributed by atoms with Crippen LogP contribution in [0.1, 0.15) is 19.4 Å². The molecule has 160 valence electrons. The van der Waals surface area contributed by atoms with Crippen LogP contribution in [0, 0.1) is 5.92 Å². The molecule has 0 saturated carbocycles. The normalized spacial score (nSPS) is 12.0. The fourth-order valence-electron chi connectivity index (χ4n) is 3.00. The van der Waals surface area contributed by atoms with Crippen molar-refractivity contribution in [2.75, 3.05) is 20.8 Å². The van der Waals surface area contributed by atoms with Gasteiger partial charge in [0.1, 0.15) is 5.75 Å². The van der Waals surface area contributed by atoms with Gasteiger partial charge in [0.25, 0.3) is 5.56 Å². The van der Waals surface area contributed by atoms with Crippen LogP contribution in [-0.4, -0.2) is 35.4 Å². The number of fused-ring (bicyclic) bond motifs is 1. The first kappa shape index (κ1) is 20.9. The Morgan fingerprint density at radius 2 is 1.84 bits per heavy atom. The van der Waals surface area contributed by atoms with Crippen molar-refractivity contribution in [3.8, 4) is 28.6 Å². The van der Waals surface area contributed by atoms with Crippen molar-refractivity contribution in [1.82, 2.24) is 14.6 Å². The van der Waals surface area contributed by atoms with Crippen LogP contribution in [-0.2, 0) is 0 Å². The van der Waals surface area contributed by atoms with Gasteiger partial charge in [-0.25, -0.2) is 0 Å². The Labute approximate surface area is 183 Å². The summed E-state index contributed by atoms with van der Waals surface area (Å²) in [5, 5.41) is 4.39. The Kier molecular flexibility index (Phi) is 5.90. The van der Waals surface area contributed by atoms with E-state index < -0.39 is 0 Å². The molecule has 4 rings (SSSR count). The number of ether oxygens (including phenoxy) is 3. The number of benzene rings is 2. The van der Waals surface area contributed by atoms with Gasteiger partial charge in [-0.05, 0) is 54.0 Å². The molecule has 8 heteroatoms. The van der Waals surface area contributed by atoms with Crippen molar-refractivity contribution in [3.05, 3.63) is 62.9 Å². The third-order valence-electron chi connectivity index (χ3n) is 4.59. The summed E-state index contributed by atoms with van der Waals surface area (Å²) in [7, 11) is 3.22. The number of aromatic nitrogens is 3. The molecule has 0 saturated heterocycles. The van der Waals surface area contributed by atoms with E-state index in [1.54, 1.807) is 14.2 Å². The highest BCUT2D eigenvalue weighted by Gasteiger charge is 2.13. The Morgan fingerprint density at radius 3 is 2.48 bits per heavy atom. The predicted octanol–water partition coefficient (Wildman–Crippen LogP) is 3.42. The molecule has 4 aromatic rings. The highest BCUT2D eigenvalue weighted by molar-refractivity contribution is 7.15. The molecule has 31 heavy (non-hydrogen) atoms. The Balaban J connectivity index is 1.66. The van der Waals surface area contributed by atoms with Gasteiger partial charge in [-0.2, -0.15) is 9.50 Å². The minimum atomic E-state index is -0.202. The van der Waals surface area contributed by atoms with E-state index in [9.17, 15) is 4.79 Å². The van der Waals surface area contributed by atoms with Crippen LogP contribution in [0.5, 0.6) is 17.2 Å². The van der Waals surface area contributed by atoms with Crippen LogP contribution in [0.25, 0.3) is 22.4 Å². The van der Waals surface area contributed by atoms with Crippen LogP contribution in [0.15, 0.2) is 47.3 Å². The maximum absolute atomic E-state index is 12.8. The molecular weight excluding hydrogens is 414 g/mol. The van der Waals surface area contributed by atoms with E-state index in [0.717, 1.165) is 16.9 Å². The quantitative estimate of drug-likeness (QED) is 0.441. The lowest BCUT2D eigenvalue weighted by Crippen LogP contribution is -2.23. The molecule has 0 bridgehead atoms. The van der Waals surface area contributed by atoms with Gasteiger partial charge in [-0.15, -0.1) is 5.10 Å². The summed E-state index contributed by atoms with van der Waals surface area (Å²) in [5.41, 5.74) is 1.46. The highest BCUT2D eigenvalue weighted by Crippen LogP contribution is 2.29. The fourth-order valence-corrected chi connectivity index (χ4v) is 3.90. The van der Waals surface area contributed by atoms with Crippen LogP contribution in [0.4, 0.5) is 0 Å². The number of nitrogens with zero attached hydrogens (tertiary/aromatic N) is 3. The van der Waals surface area contributed by atoms with E-state index in [1.807, 2.05) is 48.5 Å². The van der Waals surface area contributed by atoms with Gasteiger partial charge in [-0.1, -0.05) is 31.3 Å². The lowest BCUT2D eigenvalue weighted by Gasteiger charge is -2.12. The van der Waals surface area contributed by atoms with Gasteiger partial charge < -0.3 is 14.2 Å². The molecule has 0 unspecified atom stereocenters. The van der Waals surface area contributed by atoms with Gasteiger partial charge >= 0.3 is 0 Å². The number of rotatable bonds is 7. The number of hydrogen-bond acceptors (Lipinski definition) is 7. The molecule has 0 fully saturated rings. The summed E-state index contributed by atoms with van der Waals surface area (Å²) in [5.74, 6) is 2.98. The SMILES string of the molecule is COc1ccc(-c2nc3s/c(=C\c4ccc(OCC(C)C)c(OC)c4)c(=O)n3n2)cc1. The van der Waals surface area contributed by atoms with Gasteiger partial charge in [0.05, 0.1) is 25.4 Å². The van der Waals surface area contributed by atoms with Crippen molar-refractivity contribution < 1.29 is 14.2 Å². The average molecular weight is 438 g/mol. The zero-order chi connectivity index (χ0) is 22.0. The number of hydrogen-bond donors (Lipinski definition) is 0. The summed E-state index contributed by atoms with van der Waals surface area (Å²) in [6, 6.07) is 13.0. The zero-order valence-corrected chi connectivity index (χ0v) is 18.6. The van der Waals surface area contributed by atoms with Crippen LogP contribution in [0.3, 0.4) is 0 Å². The monoisotopic (exact) mass is 437 g/mol. The second kappa shape index (κ2) is 8.77. The molecule has 0 N–H and O–H groups in total. The third kappa shape index (κ3) is 4.39. The summed E-state index contributed by atoms with van der Waals surface area (Å²) >= 11 is 1.30. The lowest BCUT2D eigenvalue weighted by atomic mass is 10.2. The molecule has 0 amide bonds. The smallest absolute Gasteiger partial charge is 0.291 e. The average Bonchev–Trinajstić information content (AvgIpc) is 3.32. The van der Waals surface area contributed by atoms with Crippen LogP contribution >= 0.6 is 11.3 Å². The van der Waals surface area contributed by atoms with E-state index in [2.05, 4.69) is 23.9 Å². The number of thiazole rings is 1. The first-order chi connectivity index (χ1) is 15.0. The molecule has 0 radical (unpaired) electrons. The molecule has 0 aliphatic rings. The largest absolute Gasteiger partial charge is 0.497 e. The summed E-state index contributed by atoms with van der Waals surface area (Å²) < 4.78 is 18.3. The van der Waals surface area contributed by atoms with Crippen molar-refractivity contribution in [3.63, 3.8) is 0 Å². The predicted molar refractivity (Wildman–Crippen MR) is 121 cm³/mol. The third-order valence-corrected chi connectivity index (χ3v) is 5.55.